The van der Waals surface area contributed by atoms with Crippen LogP contribution in [0.25, 0.3) is 0 Å². The van der Waals surface area contributed by atoms with Gasteiger partial charge in [0.1, 0.15) is 0 Å². The third-order valence-corrected chi connectivity index (χ3v) is 2.31. The summed E-state index contributed by atoms with van der Waals surface area (Å²) in [4.78, 5) is 12.8. The first kappa shape index (κ1) is 13.9. The number of halogens is 6. The van der Waals surface area contributed by atoms with Crippen LogP contribution in [-0.2, 0) is 5.33 Å². The van der Waals surface area contributed by atoms with Crippen molar-refractivity contribution in [2.45, 2.75) is 18.1 Å². The molecule has 0 aromatic carbocycles. The van der Waals surface area contributed by atoms with E-state index in [1.807, 2.05) is 0 Å². The number of pyridine rings is 1. The maximum Gasteiger partial charge on any atom is 0.574 e. The summed E-state index contributed by atoms with van der Waals surface area (Å²) < 4.78 is 64.0. The van der Waals surface area contributed by atoms with Crippen molar-refractivity contribution in [3.05, 3.63) is 27.5 Å². The number of hydrogen-bond acceptors (Lipinski definition) is 2. The highest BCUT2D eigenvalue weighted by Gasteiger charge is 2.34. The minimum absolute atomic E-state index is 0.0612. The van der Waals surface area contributed by atoms with Crippen LogP contribution in [0.3, 0.4) is 0 Å². The van der Waals surface area contributed by atoms with Crippen LogP contribution in [0.2, 0.25) is 0 Å². The van der Waals surface area contributed by atoms with E-state index >= 15 is 0 Å². The summed E-state index contributed by atoms with van der Waals surface area (Å²) in [6, 6.07) is 0.666. The van der Waals surface area contributed by atoms with Gasteiger partial charge < -0.3 is 4.74 Å². The number of ether oxygens (including phenoxy) is 1. The summed E-state index contributed by atoms with van der Waals surface area (Å²) >= 11 is 2.85. The van der Waals surface area contributed by atoms with Gasteiger partial charge in [-0.15, -0.1) is 13.2 Å². The van der Waals surface area contributed by atoms with Crippen LogP contribution in [-0.4, -0.2) is 11.3 Å². The standard InChI is InChI=1S/C8H5BrF5NO2/c9-2-3-1-4(5(10)11)7(15-6(3)16)17-8(12,13)14/h1,5H,2H2,(H,15,16). The largest absolute Gasteiger partial charge is 0.574 e. The van der Waals surface area contributed by atoms with E-state index in [0.29, 0.717) is 6.07 Å². The fraction of sp³-hybridized carbons (Fsp3) is 0.375. The predicted molar refractivity (Wildman–Crippen MR) is 51.3 cm³/mol. The molecule has 0 radical (unpaired) electrons. The molecule has 0 spiro atoms. The van der Waals surface area contributed by atoms with Gasteiger partial charge in [0, 0.05) is 10.9 Å². The van der Waals surface area contributed by atoms with E-state index in [1.54, 1.807) is 4.98 Å². The van der Waals surface area contributed by atoms with Crippen LogP contribution < -0.4 is 10.3 Å². The third kappa shape index (κ3) is 3.69. The van der Waals surface area contributed by atoms with Crippen LogP contribution in [0.15, 0.2) is 10.9 Å². The van der Waals surface area contributed by atoms with Gasteiger partial charge in [0.2, 0.25) is 5.88 Å². The van der Waals surface area contributed by atoms with Crippen molar-refractivity contribution in [1.29, 1.82) is 0 Å². The summed E-state index contributed by atoms with van der Waals surface area (Å²) in [5, 5.41) is -0.0612. The number of hydrogen-bond donors (Lipinski definition) is 1. The molecule has 9 heteroatoms. The molecule has 1 aromatic rings. The molecule has 0 amide bonds. The van der Waals surface area contributed by atoms with Crippen LogP contribution >= 0.6 is 15.9 Å². The zero-order chi connectivity index (χ0) is 13.2. The van der Waals surface area contributed by atoms with Gasteiger partial charge in [0.15, 0.2) is 0 Å². The van der Waals surface area contributed by atoms with Gasteiger partial charge >= 0.3 is 6.36 Å². The highest BCUT2D eigenvalue weighted by atomic mass is 79.9. The van der Waals surface area contributed by atoms with Gasteiger partial charge in [-0.2, -0.15) is 0 Å². The van der Waals surface area contributed by atoms with Crippen molar-refractivity contribution in [2.75, 3.05) is 0 Å². The second-order valence-corrected chi connectivity index (χ2v) is 3.45. The number of aromatic nitrogens is 1. The number of nitrogens with one attached hydrogen (secondary N) is 1. The van der Waals surface area contributed by atoms with Crippen molar-refractivity contribution < 1.29 is 26.7 Å². The molecule has 0 fully saturated rings. The van der Waals surface area contributed by atoms with Gasteiger partial charge in [-0.3, -0.25) is 9.78 Å². The van der Waals surface area contributed by atoms with Crippen LogP contribution in [0.1, 0.15) is 17.6 Å². The Hall–Kier alpha value is -1.12. The molecule has 0 aliphatic heterocycles. The summed E-state index contributed by atoms with van der Waals surface area (Å²) in [5.74, 6) is -1.29. The first-order chi connectivity index (χ1) is 7.74. The molecular formula is C8H5BrF5NO2. The Morgan fingerprint density at radius 1 is 1.41 bits per heavy atom. The molecule has 0 saturated carbocycles. The monoisotopic (exact) mass is 321 g/mol. The maximum absolute atomic E-state index is 12.5. The first-order valence-corrected chi connectivity index (χ1v) is 5.22. The summed E-state index contributed by atoms with van der Waals surface area (Å²) in [5.41, 5.74) is -2.06. The second kappa shape index (κ2) is 5.03. The van der Waals surface area contributed by atoms with Gasteiger partial charge in [-0.1, -0.05) is 15.9 Å². The van der Waals surface area contributed by atoms with Crippen LogP contribution in [0.4, 0.5) is 22.0 Å². The smallest absolute Gasteiger partial charge is 0.389 e. The summed E-state index contributed by atoms with van der Waals surface area (Å²) in [7, 11) is 0. The van der Waals surface area contributed by atoms with Gasteiger partial charge in [0.25, 0.3) is 12.0 Å². The lowest BCUT2D eigenvalue weighted by atomic mass is 10.2. The van der Waals surface area contributed by atoms with Gasteiger partial charge in [-0.05, 0) is 6.07 Å². The molecule has 0 unspecified atom stereocenters. The molecule has 1 aromatic heterocycles. The molecule has 1 N–H and O–H groups in total. The van der Waals surface area contributed by atoms with E-state index in [4.69, 9.17) is 0 Å². The Balaban J connectivity index is 3.28. The molecule has 1 rings (SSSR count). The average molecular weight is 322 g/mol. The molecular weight excluding hydrogens is 317 g/mol. The fourth-order valence-corrected chi connectivity index (χ4v) is 1.45. The quantitative estimate of drug-likeness (QED) is 0.686. The molecule has 1 heterocycles. The van der Waals surface area contributed by atoms with Crippen molar-refractivity contribution in [3.8, 4) is 5.88 Å². The zero-order valence-corrected chi connectivity index (χ0v) is 9.53. The molecule has 96 valence electrons. The molecule has 3 nitrogen and oxygen atoms in total. The molecule has 0 saturated heterocycles. The Morgan fingerprint density at radius 3 is 2.41 bits per heavy atom. The molecule has 0 atom stereocenters. The van der Waals surface area contributed by atoms with E-state index in [2.05, 4.69) is 20.7 Å². The fourth-order valence-electron chi connectivity index (χ4n) is 1.04. The lowest BCUT2D eigenvalue weighted by Gasteiger charge is -2.12. The Labute approximate surface area is 99.7 Å². The van der Waals surface area contributed by atoms with E-state index < -0.39 is 29.8 Å². The zero-order valence-electron chi connectivity index (χ0n) is 7.95. The Kier molecular flexibility index (Phi) is 4.12. The lowest BCUT2D eigenvalue weighted by molar-refractivity contribution is -0.276. The summed E-state index contributed by atoms with van der Waals surface area (Å²) in [6.45, 7) is 0. The molecule has 17 heavy (non-hydrogen) atoms. The normalized spacial score (nSPS) is 11.9. The topological polar surface area (TPSA) is 42.1 Å². The number of aromatic amines is 1. The molecule has 0 bridgehead atoms. The number of rotatable bonds is 3. The predicted octanol–water partition coefficient (Wildman–Crippen LogP) is 3.11. The third-order valence-electron chi connectivity index (χ3n) is 1.71. The minimum Gasteiger partial charge on any atom is -0.389 e. The first-order valence-electron chi connectivity index (χ1n) is 4.10. The van der Waals surface area contributed by atoms with Crippen LogP contribution in [0.5, 0.6) is 5.88 Å². The average Bonchev–Trinajstić information content (AvgIpc) is 2.14. The van der Waals surface area contributed by atoms with Gasteiger partial charge in [-0.25, -0.2) is 8.78 Å². The lowest BCUT2D eigenvalue weighted by Crippen LogP contribution is -2.22. The van der Waals surface area contributed by atoms with E-state index in [0.717, 1.165) is 0 Å². The van der Waals surface area contributed by atoms with E-state index in [-0.39, 0.29) is 10.9 Å². The SMILES string of the molecule is O=c1[nH]c(OC(F)(F)F)c(C(F)F)cc1CBr. The van der Waals surface area contributed by atoms with Crippen LogP contribution in [0, 0.1) is 0 Å². The van der Waals surface area contributed by atoms with Crippen molar-refractivity contribution in [3.63, 3.8) is 0 Å². The number of H-pyrrole nitrogens is 1. The van der Waals surface area contributed by atoms with E-state index in [1.165, 1.54) is 0 Å². The van der Waals surface area contributed by atoms with Crippen molar-refractivity contribution in [2.24, 2.45) is 0 Å². The Bertz CT molecular complexity index is 456. The molecule has 0 aliphatic rings. The molecule has 0 aliphatic carbocycles. The highest BCUT2D eigenvalue weighted by molar-refractivity contribution is 9.08. The second-order valence-electron chi connectivity index (χ2n) is 2.89. The Morgan fingerprint density at radius 2 is 2.00 bits per heavy atom. The maximum atomic E-state index is 12.5. The van der Waals surface area contributed by atoms with Crippen molar-refractivity contribution in [1.82, 2.24) is 4.98 Å². The minimum atomic E-state index is -5.15. The number of alkyl halides is 6. The summed E-state index contributed by atoms with van der Waals surface area (Å²) in [6.07, 6.45) is -8.34. The highest BCUT2D eigenvalue weighted by Crippen LogP contribution is 2.30. The van der Waals surface area contributed by atoms with E-state index in [9.17, 15) is 26.7 Å². The van der Waals surface area contributed by atoms with Crippen molar-refractivity contribution >= 4 is 15.9 Å². The van der Waals surface area contributed by atoms with Gasteiger partial charge in [0.05, 0.1) is 5.56 Å².